The molecule has 0 spiro atoms. The van der Waals surface area contributed by atoms with Gasteiger partial charge in [-0.1, -0.05) is 34.6 Å². The van der Waals surface area contributed by atoms with Crippen molar-refractivity contribution < 1.29 is 26.7 Å². The molecule has 0 amide bonds. The third kappa shape index (κ3) is 4.05. The highest BCUT2D eigenvalue weighted by atomic mass is 19.3. The molecule has 0 aliphatic rings. The first-order valence-corrected chi connectivity index (χ1v) is 8.58. The van der Waals surface area contributed by atoms with Gasteiger partial charge in [0.1, 0.15) is 0 Å². The molecule has 1 nitrogen and oxygen atoms in total. The molecule has 24 heavy (non-hydrogen) atoms. The van der Waals surface area contributed by atoms with Crippen LogP contribution in [0.1, 0.15) is 74.7 Å². The van der Waals surface area contributed by atoms with Gasteiger partial charge < -0.3 is 4.74 Å². The molecule has 2 unspecified atom stereocenters. The zero-order chi connectivity index (χ0) is 19.6. The van der Waals surface area contributed by atoms with E-state index in [4.69, 9.17) is 4.74 Å². The van der Waals surface area contributed by atoms with Crippen molar-refractivity contribution in [2.75, 3.05) is 6.61 Å². The van der Waals surface area contributed by atoms with Crippen LogP contribution in [0.25, 0.3) is 0 Å². The summed E-state index contributed by atoms with van der Waals surface area (Å²) < 4.78 is 77.4. The molecule has 0 aliphatic heterocycles. The first-order chi connectivity index (χ1) is 10.5. The molecule has 0 saturated heterocycles. The van der Waals surface area contributed by atoms with Crippen LogP contribution in [0.4, 0.5) is 22.0 Å². The summed E-state index contributed by atoms with van der Waals surface area (Å²) >= 11 is 0. The Bertz CT molecular complexity index is 401. The summed E-state index contributed by atoms with van der Waals surface area (Å²) in [6.07, 6.45) is 1.19. The molecule has 146 valence electrons. The lowest BCUT2D eigenvalue weighted by Crippen LogP contribution is -2.63. The third-order valence-electron chi connectivity index (χ3n) is 5.85. The van der Waals surface area contributed by atoms with Crippen molar-refractivity contribution in [2.24, 2.45) is 10.8 Å². The molecule has 0 aromatic carbocycles. The van der Waals surface area contributed by atoms with E-state index in [2.05, 4.69) is 0 Å². The van der Waals surface area contributed by atoms with Gasteiger partial charge in [0.05, 0.1) is 6.10 Å². The highest BCUT2D eigenvalue weighted by molar-refractivity contribution is 5.08. The third-order valence-corrected chi connectivity index (χ3v) is 5.85. The standard InChI is InChI=1S/C18H33F5O/c1-9-13(3)24-12-11-16(8,10-2)14(4,5)17(20,21)18(22,23)15(6,7)19/h13H,9-12H2,1-8H3. The fourth-order valence-electron chi connectivity index (χ4n) is 2.68. The number of rotatable bonds is 10. The van der Waals surface area contributed by atoms with Gasteiger partial charge in [0.15, 0.2) is 5.67 Å². The first-order valence-electron chi connectivity index (χ1n) is 8.58. The minimum absolute atomic E-state index is 0.0269. The van der Waals surface area contributed by atoms with E-state index in [0.717, 1.165) is 20.3 Å². The molecule has 0 heterocycles. The first kappa shape index (κ1) is 23.6. The maximum absolute atomic E-state index is 14.8. The molecule has 6 heteroatoms. The topological polar surface area (TPSA) is 9.23 Å². The van der Waals surface area contributed by atoms with Gasteiger partial charge in [0.2, 0.25) is 0 Å². The predicted octanol–water partition coefficient (Wildman–Crippen LogP) is 6.65. The van der Waals surface area contributed by atoms with Crippen molar-refractivity contribution in [3.05, 3.63) is 0 Å². The Morgan fingerprint density at radius 1 is 0.833 bits per heavy atom. The number of hydrogen-bond donors (Lipinski definition) is 0. The van der Waals surface area contributed by atoms with Crippen molar-refractivity contribution in [1.29, 1.82) is 0 Å². The van der Waals surface area contributed by atoms with E-state index in [-0.39, 0.29) is 25.6 Å². The summed E-state index contributed by atoms with van der Waals surface area (Å²) in [5.74, 6) is -9.29. The molecule has 0 saturated carbocycles. The van der Waals surface area contributed by atoms with Crippen LogP contribution in [0.3, 0.4) is 0 Å². The SMILES string of the molecule is CCC(C)OCCC(C)(CC)C(C)(C)C(F)(F)C(F)(F)C(C)(C)F. The van der Waals surface area contributed by atoms with Crippen molar-refractivity contribution in [3.8, 4) is 0 Å². The second-order valence-corrected chi connectivity index (χ2v) is 8.00. The van der Waals surface area contributed by atoms with Gasteiger partial charge in [-0.25, -0.2) is 4.39 Å². The van der Waals surface area contributed by atoms with Gasteiger partial charge in [0, 0.05) is 12.0 Å². The van der Waals surface area contributed by atoms with Crippen molar-refractivity contribution in [3.63, 3.8) is 0 Å². The van der Waals surface area contributed by atoms with Crippen LogP contribution in [0.5, 0.6) is 0 Å². The van der Waals surface area contributed by atoms with Gasteiger partial charge in [0.25, 0.3) is 0 Å². The lowest BCUT2D eigenvalue weighted by molar-refractivity contribution is -0.323. The number of hydrogen-bond acceptors (Lipinski definition) is 1. The molecule has 0 radical (unpaired) electrons. The van der Waals surface area contributed by atoms with E-state index >= 15 is 0 Å². The number of halogens is 5. The zero-order valence-corrected chi connectivity index (χ0v) is 16.2. The molecule has 0 rings (SSSR count). The van der Waals surface area contributed by atoms with E-state index in [1.807, 2.05) is 13.8 Å². The van der Waals surface area contributed by atoms with E-state index in [9.17, 15) is 22.0 Å². The average Bonchev–Trinajstić information content (AvgIpc) is 2.44. The van der Waals surface area contributed by atoms with E-state index in [1.165, 1.54) is 0 Å². The lowest BCUT2D eigenvalue weighted by Gasteiger charge is -2.51. The lowest BCUT2D eigenvalue weighted by atomic mass is 9.58. The van der Waals surface area contributed by atoms with Gasteiger partial charge >= 0.3 is 11.8 Å². The molecular formula is C18H33F5O. The Morgan fingerprint density at radius 3 is 1.62 bits per heavy atom. The van der Waals surface area contributed by atoms with Crippen LogP contribution >= 0.6 is 0 Å². The summed E-state index contributed by atoms with van der Waals surface area (Å²) in [4.78, 5) is 0. The molecule has 2 atom stereocenters. The van der Waals surface area contributed by atoms with Crippen molar-refractivity contribution >= 4 is 0 Å². The largest absolute Gasteiger partial charge is 0.378 e. The van der Waals surface area contributed by atoms with Crippen LogP contribution in [-0.4, -0.2) is 30.2 Å². The normalized spacial score (nSPS) is 18.4. The summed E-state index contributed by atoms with van der Waals surface area (Å²) in [6.45, 7) is 10.4. The Labute approximate surface area is 143 Å². The summed E-state index contributed by atoms with van der Waals surface area (Å²) in [5, 5.41) is 0. The minimum atomic E-state index is -4.78. The minimum Gasteiger partial charge on any atom is -0.378 e. The summed E-state index contributed by atoms with van der Waals surface area (Å²) in [7, 11) is 0. The van der Waals surface area contributed by atoms with Crippen molar-refractivity contribution in [1.82, 2.24) is 0 Å². The number of alkyl halides is 5. The Balaban J connectivity index is 5.62. The van der Waals surface area contributed by atoms with E-state index < -0.39 is 28.3 Å². The Hall–Kier alpha value is -0.390. The zero-order valence-electron chi connectivity index (χ0n) is 16.2. The molecule has 0 aromatic heterocycles. The molecule has 0 bridgehead atoms. The van der Waals surface area contributed by atoms with Crippen molar-refractivity contribution in [2.45, 2.75) is 98.3 Å². The monoisotopic (exact) mass is 360 g/mol. The van der Waals surface area contributed by atoms with E-state index in [1.54, 1.807) is 13.8 Å². The van der Waals surface area contributed by atoms with Gasteiger partial charge in [-0.3, -0.25) is 0 Å². The molecule has 0 fully saturated rings. The molecule has 0 aromatic rings. The fourth-order valence-corrected chi connectivity index (χ4v) is 2.68. The van der Waals surface area contributed by atoms with Crippen LogP contribution in [0.15, 0.2) is 0 Å². The van der Waals surface area contributed by atoms with Crippen LogP contribution in [0.2, 0.25) is 0 Å². The van der Waals surface area contributed by atoms with E-state index in [0.29, 0.717) is 13.8 Å². The second-order valence-electron chi connectivity index (χ2n) is 8.00. The maximum atomic E-state index is 14.8. The molecule has 0 aliphatic carbocycles. The van der Waals surface area contributed by atoms with Gasteiger partial charge in [-0.15, -0.1) is 0 Å². The fraction of sp³-hybridized carbons (Fsp3) is 1.00. The molecule has 0 N–H and O–H groups in total. The Morgan fingerprint density at radius 2 is 1.29 bits per heavy atom. The Kier molecular flexibility index (Phi) is 7.34. The highest BCUT2D eigenvalue weighted by Crippen LogP contribution is 2.61. The number of ether oxygens (including phenoxy) is 1. The molecular weight excluding hydrogens is 327 g/mol. The van der Waals surface area contributed by atoms with Crippen LogP contribution in [0, 0.1) is 10.8 Å². The quantitative estimate of drug-likeness (QED) is 0.396. The van der Waals surface area contributed by atoms with Crippen LogP contribution < -0.4 is 0 Å². The second kappa shape index (κ2) is 7.46. The highest BCUT2D eigenvalue weighted by Gasteiger charge is 2.74. The summed E-state index contributed by atoms with van der Waals surface area (Å²) in [5.41, 5.74) is -6.59. The maximum Gasteiger partial charge on any atom is 0.343 e. The van der Waals surface area contributed by atoms with Gasteiger partial charge in [-0.2, -0.15) is 17.6 Å². The smallest absolute Gasteiger partial charge is 0.343 e. The predicted molar refractivity (Wildman–Crippen MR) is 87.6 cm³/mol. The average molecular weight is 360 g/mol. The van der Waals surface area contributed by atoms with Crippen LogP contribution in [-0.2, 0) is 4.74 Å². The van der Waals surface area contributed by atoms with Gasteiger partial charge in [-0.05, 0) is 45.4 Å². The summed E-state index contributed by atoms with van der Waals surface area (Å²) in [6, 6.07) is 0.